The van der Waals surface area contributed by atoms with E-state index in [1.165, 1.54) is 12.8 Å². The van der Waals surface area contributed by atoms with E-state index in [0.29, 0.717) is 10.8 Å². The highest BCUT2D eigenvalue weighted by atomic mass is 28.3. The van der Waals surface area contributed by atoms with Crippen molar-refractivity contribution in [2.24, 2.45) is 87.8 Å². The lowest BCUT2D eigenvalue weighted by Crippen LogP contribution is -2.54. The fourth-order valence-electron chi connectivity index (χ4n) is 15.3. The molecular weight excluding hydrogens is 545 g/mol. The van der Waals surface area contributed by atoms with Crippen molar-refractivity contribution in [1.29, 1.82) is 0 Å². The standard InChI is InChI=1S/C43H78Si/c1-26-21-37-38(40(26)44(12,35-18-14-13-15-19-35)41-29(4)27(2)28(3)30(41)5)24-31-17-16-20-36(31)39(37)32-22-33(42(6,7)8)25-34(23-32)43(9,10)11/h26-41H,13-25H2,1-12H3. The molecule has 1 heteroatoms. The second-order valence-corrected chi connectivity index (χ2v) is 26.4. The molecule has 14 unspecified atom stereocenters. The quantitative estimate of drug-likeness (QED) is 0.274. The molecule has 6 fully saturated rings. The van der Waals surface area contributed by atoms with Gasteiger partial charge in [-0.1, -0.05) is 128 Å². The van der Waals surface area contributed by atoms with Crippen LogP contribution >= 0.6 is 0 Å². The molecule has 44 heavy (non-hydrogen) atoms. The number of hydrogen-bond acceptors (Lipinski definition) is 0. The highest BCUT2D eigenvalue weighted by Gasteiger charge is 2.65. The van der Waals surface area contributed by atoms with Gasteiger partial charge in [0.25, 0.3) is 0 Å². The Morgan fingerprint density at radius 2 is 1.05 bits per heavy atom. The van der Waals surface area contributed by atoms with Crippen LogP contribution in [-0.2, 0) is 0 Å². The second-order valence-electron chi connectivity index (χ2n) is 21.5. The maximum Gasteiger partial charge on any atom is 0.0609 e. The first-order valence-corrected chi connectivity index (χ1v) is 23.3. The van der Waals surface area contributed by atoms with Gasteiger partial charge in [0.15, 0.2) is 0 Å². The van der Waals surface area contributed by atoms with Crippen molar-refractivity contribution in [3.63, 3.8) is 0 Å². The molecule has 0 N–H and O–H groups in total. The molecule has 0 amide bonds. The van der Waals surface area contributed by atoms with E-state index in [4.69, 9.17) is 0 Å². The lowest BCUT2D eigenvalue weighted by atomic mass is 9.52. The molecule has 6 aliphatic carbocycles. The Labute approximate surface area is 277 Å². The van der Waals surface area contributed by atoms with E-state index in [-0.39, 0.29) is 0 Å². The van der Waals surface area contributed by atoms with Crippen molar-refractivity contribution in [3.05, 3.63) is 0 Å². The smallest absolute Gasteiger partial charge is 0.0609 e. The minimum Gasteiger partial charge on any atom is -0.0685 e. The predicted molar refractivity (Wildman–Crippen MR) is 196 cm³/mol. The molecule has 14 atom stereocenters. The van der Waals surface area contributed by atoms with E-state index < -0.39 is 8.07 Å². The van der Waals surface area contributed by atoms with E-state index >= 15 is 0 Å². The summed E-state index contributed by atoms with van der Waals surface area (Å²) < 4.78 is 0. The van der Waals surface area contributed by atoms with Gasteiger partial charge < -0.3 is 0 Å². The molecule has 0 nitrogen and oxygen atoms in total. The molecule has 6 aliphatic rings. The van der Waals surface area contributed by atoms with Crippen LogP contribution in [0.25, 0.3) is 0 Å². The van der Waals surface area contributed by atoms with Crippen LogP contribution in [0.2, 0.25) is 23.2 Å². The Balaban J connectivity index is 1.39. The van der Waals surface area contributed by atoms with Crippen LogP contribution in [-0.4, -0.2) is 8.07 Å². The Morgan fingerprint density at radius 1 is 0.477 bits per heavy atom. The van der Waals surface area contributed by atoms with Crippen LogP contribution in [0.15, 0.2) is 0 Å². The summed E-state index contributed by atoms with van der Waals surface area (Å²) in [5.41, 5.74) is 4.18. The molecule has 0 aromatic rings. The van der Waals surface area contributed by atoms with Crippen LogP contribution in [0.1, 0.15) is 160 Å². The minimum atomic E-state index is -1.57. The van der Waals surface area contributed by atoms with Crippen molar-refractivity contribution < 1.29 is 0 Å². The van der Waals surface area contributed by atoms with Gasteiger partial charge in [0.05, 0.1) is 8.07 Å². The van der Waals surface area contributed by atoms with Crippen LogP contribution < -0.4 is 0 Å². The van der Waals surface area contributed by atoms with Gasteiger partial charge in [-0.2, -0.15) is 0 Å². The summed E-state index contributed by atoms with van der Waals surface area (Å²) in [5.74, 6) is 12.8. The summed E-state index contributed by atoms with van der Waals surface area (Å²) >= 11 is 0. The maximum atomic E-state index is 3.09. The molecule has 0 bridgehead atoms. The SMILES string of the molecule is CC1CC2C(CC3CCCC3C2C2CC(C(C)(C)C)CC(C(C)(C)C)C2)C1[Si](C)(C1CCCCC1)C1C(C)C(C)C(C)C1C. The average Bonchev–Trinajstić information content (AvgIpc) is 3.62. The fourth-order valence-corrected chi connectivity index (χ4v) is 24.0. The maximum absolute atomic E-state index is 3.09. The molecule has 0 spiro atoms. The number of hydrogen-bond donors (Lipinski definition) is 0. The van der Waals surface area contributed by atoms with Crippen molar-refractivity contribution in [2.75, 3.05) is 0 Å². The molecule has 0 radical (unpaired) electrons. The molecule has 6 rings (SSSR count). The normalized spacial score (nSPS) is 50.3. The minimum absolute atomic E-state index is 0.450. The van der Waals surface area contributed by atoms with E-state index in [0.717, 1.165) is 93.6 Å². The van der Waals surface area contributed by atoms with Crippen molar-refractivity contribution >= 4 is 8.07 Å². The third-order valence-electron chi connectivity index (χ3n) is 17.8. The Kier molecular flexibility index (Phi) is 9.51. The lowest BCUT2D eigenvalue weighted by molar-refractivity contribution is -0.0361. The second kappa shape index (κ2) is 12.3. The van der Waals surface area contributed by atoms with Gasteiger partial charge in [-0.3, -0.25) is 0 Å². The Hall–Kier alpha value is 0.217. The molecule has 6 saturated carbocycles. The van der Waals surface area contributed by atoms with Crippen LogP contribution in [0.5, 0.6) is 0 Å². The topological polar surface area (TPSA) is 0 Å². The van der Waals surface area contributed by atoms with Gasteiger partial charge in [-0.15, -0.1) is 0 Å². The number of rotatable bonds is 4. The summed E-state index contributed by atoms with van der Waals surface area (Å²) in [6, 6.07) is 0. The van der Waals surface area contributed by atoms with E-state index in [1.807, 2.05) is 0 Å². The van der Waals surface area contributed by atoms with Crippen molar-refractivity contribution in [3.8, 4) is 0 Å². The van der Waals surface area contributed by atoms with Gasteiger partial charge >= 0.3 is 0 Å². The number of fused-ring (bicyclic) bond motifs is 2. The van der Waals surface area contributed by atoms with E-state index in [1.54, 1.807) is 70.6 Å². The Morgan fingerprint density at radius 3 is 1.59 bits per heavy atom. The third kappa shape index (κ3) is 5.70. The summed E-state index contributed by atoms with van der Waals surface area (Å²) in [7, 11) is -1.57. The van der Waals surface area contributed by atoms with Gasteiger partial charge in [0.2, 0.25) is 0 Å². The zero-order valence-corrected chi connectivity index (χ0v) is 32.9. The van der Waals surface area contributed by atoms with Crippen LogP contribution in [0.3, 0.4) is 0 Å². The summed E-state index contributed by atoms with van der Waals surface area (Å²) in [4.78, 5) is 0. The monoisotopic (exact) mass is 623 g/mol. The van der Waals surface area contributed by atoms with Gasteiger partial charge in [-0.05, 0) is 143 Å². The first-order chi connectivity index (χ1) is 20.5. The van der Waals surface area contributed by atoms with E-state index in [9.17, 15) is 0 Å². The molecule has 0 aromatic heterocycles. The first kappa shape index (κ1) is 34.1. The summed E-state index contributed by atoms with van der Waals surface area (Å²) in [6.45, 7) is 32.2. The van der Waals surface area contributed by atoms with Crippen molar-refractivity contribution in [1.82, 2.24) is 0 Å². The van der Waals surface area contributed by atoms with Gasteiger partial charge in [-0.25, -0.2) is 0 Å². The third-order valence-corrected chi connectivity index (χ3v) is 25.1. The lowest BCUT2D eigenvalue weighted by Gasteiger charge is -2.56. The highest BCUT2D eigenvalue weighted by molar-refractivity contribution is 6.83. The first-order valence-electron chi connectivity index (χ1n) is 20.5. The van der Waals surface area contributed by atoms with Crippen molar-refractivity contribution in [2.45, 2.75) is 183 Å². The van der Waals surface area contributed by atoms with E-state index in [2.05, 4.69) is 82.7 Å². The summed E-state index contributed by atoms with van der Waals surface area (Å²) in [6.07, 6.45) is 20.4. The molecular formula is C43H78Si. The van der Waals surface area contributed by atoms with Gasteiger partial charge in [0, 0.05) is 0 Å². The average molecular weight is 623 g/mol. The zero-order valence-electron chi connectivity index (χ0n) is 31.9. The van der Waals surface area contributed by atoms with Gasteiger partial charge in [0.1, 0.15) is 0 Å². The largest absolute Gasteiger partial charge is 0.0685 e. The van der Waals surface area contributed by atoms with Crippen LogP contribution in [0.4, 0.5) is 0 Å². The molecule has 0 saturated heterocycles. The molecule has 0 heterocycles. The molecule has 0 aromatic carbocycles. The molecule has 0 aliphatic heterocycles. The summed E-state index contributed by atoms with van der Waals surface area (Å²) in [5, 5.41) is 0. The molecule has 254 valence electrons. The highest BCUT2D eigenvalue weighted by Crippen LogP contribution is 2.71. The zero-order chi connectivity index (χ0) is 31.9. The van der Waals surface area contributed by atoms with Crippen LogP contribution in [0, 0.1) is 87.8 Å². The predicted octanol–water partition coefficient (Wildman–Crippen LogP) is 13.5. The Bertz CT molecular complexity index is 942. The fraction of sp³-hybridized carbons (Fsp3) is 1.00.